The van der Waals surface area contributed by atoms with Gasteiger partial charge in [-0.15, -0.1) is 11.3 Å². The maximum Gasteiger partial charge on any atom is 0.161 e. The molecular formula is C19H17IO3S. The molecule has 0 spiro atoms. The number of benzene rings is 2. The summed E-state index contributed by atoms with van der Waals surface area (Å²) in [7, 11) is 3.26. The van der Waals surface area contributed by atoms with E-state index in [4.69, 9.17) is 9.47 Å². The summed E-state index contributed by atoms with van der Waals surface area (Å²) in [4.78, 5) is 2.19. The monoisotopic (exact) mass is 452 g/mol. The molecule has 0 aliphatic rings. The highest BCUT2D eigenvalue weighted by Gasteiger charge is 2.13. The summed E-state index contributed by atoms with van der Waals surface area (Å²) in [5, 5.41) is 9.74. The van der Waals surface area contributed by atoms with E-state index in [9.17, 15) is 5.11 Å². The Bertz CT molecular complexity index is 840. The molecule has 0 amide bonds. The van der Waals surface area contributed by atoms with Crippen molar-refractivity contribution in [1.29, 1.82) is 0 Å². The average Bonchev–Trinajstić information content (AvgIpc) is 3.06. The molecule has 1 heterocycles. The lowest BCUT2D eigenvalue weighted by Crippen LogP contribution is -1.90. The zero-order valence-electron chi connectivity index (χ0n) is 13.4. The molecule has 3 rings (SSSR count). The second-order valence-corrected chi connectivity index (χ2v) is 7.50. The van der Waals surface area contributed by atoms with Crippen molar-refractivity contribution < 1.29 is 14.6 Å². The highest BCUT2D eigenvalue weighted by molar-refractivity contribution is 14.1. The quantitative estimate of drug-likeness (QED) is 0.542. The Morgan fingerprint density at radius 3 is 2.21 bits per heavy atom. The number of ether oxygens (including phenoxy) is 2. The zero-order valence-corrected chi connectivity index (χ0v) is 16.3. The van der Waals surface area contributed by atoms with Crippen molar-refractivity contribution in [3.8, 4) is 32.4 Å². The SMILES string of the molecule is COc1ccc(-c2cc(CO)c(-c3ccc(I)cc3)s2)cc1OC. The van der Waals surface area contributed by atoms with Crippen LogP contribution in [0.25, 0.3) is 20.9 Å². The summed E-state index contributed by atoms with van der Waals surface area (Å²) in [5.41, 5.74) is 3.10. The maximum atomic E-state index is 9.74. The summed E-state index contributed by atoms with van der Waals surface area (Å²) >= 11 is 3.96. The first-order valence-corrected chi connectivity index (χ1v) is 9.27. The summed E-state index contributed by atoms with van der Waals surface area (Å²) in [6, 6.07) is 16.2. The zero-order chi connectivity index (χ0) is 17.1. The van der Waals surface area contributed by atoms with Crippen molar-refractivity contribution in [3.05, 3.63) is 57.7 Å². The first kappa shape index (κ1) is 17.3. The smallest absolute Gasteiger partial charge is 0.161 e. The molecule has 0 aliphatic heterocycles. The van der Waals surface area contributed by atoms with Gasteiger partial charge in [0, 0.05) is 13.3 Å². The van der Waals surface area contributed by atoms with Gasteiger partial charge in [0.25, 0.3) is 0 Å². The molecular weight excluding hydrogens is 435 g/mol. The van der Waals surface area contributed by atoms with Gasteiger partial charge in [-0.05, 0) is 75.7 Å². The minimum Gasteiger partial charge on any atom is -0.493 e. The summed E-state index contributed by atoms with van der Waals surface area (Å²) in [6.45, 7) is 0.0190. The van der Waals surface area contributed by atoms with Gasteiger partial charge in [0.2, 0.25) is 0 Å². The normalized spacial score (nSPS) is 10.7. The van der Waals surface area contributed by atoms with Crippen molar-refractivity contribution in [2.75, 3.05) is 14.2 Å². The van der Waals surface area contributed by atoms with Crippen LogP contribution in [0, 0.1) is 3.57 Å². The van der Waals surface area contributed by atoms with Crippen LogP contribution < -0.4 is 9.47 Å². The molecule has 0 aliphatic carbocycles. The molecule has 0 atom stereocenters. The first-order chi connectivity index (χ1) is 11.7. The number of rotatable bonds is 5. The van der Waals surface area contributed by atoms with E-state index in [1.807, 2.05) is 24.3 Å². The molecule has 3 aromatic rings. The molecule has 0 fully saturated rings. The van der Waals surface area contributed by atoms with Crippen LogP contribution in [0.2, 0.25) is 0 Å². The van der Waals surface area contributed by atoms with Gasteiger partial charge in [-0.25, -0.2) is 0 Å². The van der Waals surface area contributed by atoms with Crippen LogP contribution in [0.4, 0.5) is 0 Å². The van der Waals surface area contributed by atoms with Crippen LogP contribution in [-0.4, -0.2) is 19.3 Å². The Morgan fingerprint density at radius 1 is 0.917 bits per heavy atom. The first-order valence-electron chi connectivity index (χ1n) is 7.38. The number of hydrogen-bond donors (Lipinski definition) is 1. The molecule has 0 unspecified atom stereocenters. The second-order valence-electron chi connectivity index (χ2n) is 5.20. The molecule has 0 radical (unpaired) electrons. The standard InChI is InChI=1S/C19H17IO3S/c1-22-16-8-5-13(9-17(16)23-2)18-10-14(11-21)19(24-18)12-3-6-15(20)7-4-12/h3-10,21H,11H2,1-2H3. The van der Waals surface area contributed by atoms with Crippen LogP contribution in [0.5, 0.6) is 11.5 Å². The van der Waals surface area contributed by atoms with Gasteiger partial charge in [-0.2, -0.15) is 0 Å². The fourth-order valence-corrected chi connectivity index (χ4v) is 4.06. The summed E-state index contributed by atoms with van der Waals surface area (Å²) < 4.78 is 11.9. The van der Waals surface area contributed by atoms with Crippen LogP contribution in [0.1, 0.15) is 5.56 Å². The fraction of sp³-hybridized carbons (Fsp3) is 0.158. The van der Waals surface area contributed by atoms with Crippen molar-refractivity contribution in [2.45, 2.75) is 6.61 Å². The maximum absolute atomic E-state index is 9.74. The van der Waals surface area contributed by atoms with Crippen LogP contribution >= 0.6 is 33.9 Å². The minimum absolute atomic E-state index is 0.0190. The van der Waals surface area contributed by atoms with E-state index >= 15 is 0 Å². The van der Waals surface area contributed by atoms with E-state index in [2.05, 4.69) is 46.9 Å². The molecule has 2 aromatic carbocycles. The number of hydrogen-bond acceptors (Lipinski definition) is 4. The molecule has 1 N–H and O–H groups in total. The highest BCUT2D eigenvalue weighted by Crippen LogP contribution is 2.40. The highest BCUT2D eigenvalue weighted by atomic mass is 127. The van der Waals surface area contributed by atoms with Crippen LogP contribution in [0.15, 0.2) is 48.5 Å². The van der Waals surface area contributed by atoms with E-state index in [1.54, 1.807) is 25.6 Å². The largest absolute Gasteiger partial charge is 0.493 e. The third-order valence-corrected chi connectivity index (χ3v) is 5.75. The number of halogens is 1. The van der Waals surface area contributed by atoms with Crippen molar-refractivity contribution in [2.24, 2.45) is 0 Å². The average molecular weight is 452 g/mol. The van der Waals surface area contributed by atoms with Gasteiger partial charge in [0.1, 0.15) is 0 Å². The van der Waals surface area contributed by atoms with Gasteiger partial charge in [-0.3, -0.25) is 0 Å². The lowest BCUT2D eigenvalue weighted by molar-refractivity contribution is 0.283. The third-order valence-electron chi connectivity index (χ3n) is 3.75. The summed E-state index contributed by atoms with van der Waals surface area (Å²) in [6.07, 6.45) is 0. The topological polar surface area (TPSA) is 38.7 Å². The third kappa shape index (κ3) is 3.43. The van der Waals surface area contributed by atoms with Gasteiger partial charge in [0.05, 0.1) is 20.8 Å². The molecule has 5 heteroatoms. The number of methoxy groups -OCH3 is 2. The molecule has 24 heavy (non-hydrogen) atoms. The summed E-state index contributed by atoms with van der Waals surface area (Å²) in [5.74, 6) is 1.41. The van der Waals surface area contributed by atoms with Crippen molar-refractivity contribution >= 4 is 33.9 Å². The Balaban J connectivity index is 2.05. The fourth-order valence-electron chi connectivity index (χ4n) is 2.52. The van der Waals surface area contributed by atoms with Crippen LogP contribution in [0.3, 0.4) is 0 Å². The molecule has 3 nitrogen and oxygen atoms in total. The van der Waals surface area contributed by atoms with Gasteiger partial charge < -0.3 is 14.6 Å². The van der Waals surface area contributed by atoms with Crippen molar-refractivity contribution in [3.63, 3.8) is 0 Å². The lowest BCUT2D eigenvalue weighted by atomic mass is 10.1. The minimum atomic E-state index is 0.0190. The van der Waals surface area contributed by atoms with E-state index < -0.39 is 0 Å². The molecule has 0 saturated carbocycles. The van der Waals surface area contributed by atoms with Crippen molar-refractivity contribution in [1.82, 2.24) is 0 Å². The van der Waals surface area contributed by atoms with E-state index in [0.29, 0.717) is 11.5 Å². The number of thiophene rings is 1. The van der Waals surface area contributed by atoms with Gasteiger partial charge in [0.15, 0.2) is 11.5 Å². The van der Waals surface area contributed by atoms with Gasteiger partial charge in [-0.1, -0.05) is 12.1 Å². The molecule has 124 valence electrons. The van der Waals surface area contributed by atoms with Gasteiger partial charge >= 0.3 is 0 Å². The Labute approximate surface area is 159 Å². The molecule has 0 saturated heterocycles. The molecule has 1 aromatic heterocycles. The van der Waals surface area contributed by atoms with E-state index in [1.165, 1.54) is 3.57 Å². The predicted molar refractivity (Wildman–Crippen MR) is 107 cm³/mol. The Hall–Kier alpha value is -1.57. The number of aliphatic hydroxyl groups excluding tert-OH is 1. The van der Waals surface area contributed by atoms with E-state index in [-0.39, 0.29) is 6.61 Å². The lowest BCUT2D eigenvalue weighted by Gasteiger charge is -2.08. The van der Waals surface area contributed by atoms with E-state index in [0.717, 1.165) is 26.4 Å². The van der Waals surface area contributed by atoms with Crippen LogP contribution in [-0.2, 0) is 6.61 Å². The second kappa shape index (κ2) is 7.55. The predicted octanol–water partition coefficient (Wildman–Crippen LogP) is 5.20. The Kier molecular flexibility index (Phi) is 5.43. The Morgan fingerprint density at radius 2 is 1.58 bits per heavy atom. The molecule has 0 bridgehead atoms. The number of aliphatic hydroxyl groups is 1.